The zero-order chi connectivity index (χ0) is 15.5. The van der Waals surface area contributed by atoms with Crippen LogP contribution in [0.5, 0.6) is 0 Å². The van der Waals surface area contributed by atoms with E-state index in [0.29, 0.717) is 11.6 Å². The summed E-state index contributed by atoms with van der Waals surface area (Å²) in [6.07, 6.45) is 2.51. The Morgan fingerprint density at radius 1 is 1.41 bits per heavy atom. The van der Waals surface area contributed by atoms with Crippen molar-refractivity contribution in [3.8, 4) is 0 Å². The minimum Gasteiger partial charge on any atom is -0.355 e. The van der Waals surface area contributed by atoms with Gasteiger partial charge < -0.3 is 10.3 Å². The number of aromatic nitrogens is 3. The van der Waals surface area contributed by atoms with E-state index in [1.165, 1.54) is 23.9 Å². The fourth-order valence-electron chi connectivity index (χ4n) is 2.23. The lowest BCUT2D eigenvalue weighted by molar-refractivity contribution is -0.118. The van der Waals surface area contributed by atoms with Crippen molar-refractivity contribution in [1.82, 2.24) is 20.5 Å². The summed E-state index contributed by atoms with van der Waals surface area (Å²) in [7, 11) is 0. The molecule has 2 heterocycles. The minimum atomic E-state index is -0.293. The highest BCUT2D eigenvalue weighted by molar-refractivity contribution is 8.00. The first kappa shape index (κ1) is 14.8. The first-order valence-electron chi connectivity index (χ1n) is 7.01. The Hall–Kier alpha value is -2.15. The summed E-state index contributed by atoms with van der Waals surface area (Å²) < 4.78 is 13.4. The van der Waals surface area contributed by atoms with Crippen molar-refractivity contribution in [2.24, 2.45) is 0 Å². The van der Waals surface area contributed by atoms with E-state index in [1.807, 2.05) is 6.92 Å². The Morgan fingerprint density at radius 3 is 3.09 bits per heavy atom. The van der Waals surface area contributed by atoms with E-state index < -0.39 is 0 Å². The Morgan fingerprint density at radius 2 is 2.27 bits per heavy atom. The van der Waals surface area contributed by atoms with Gasteiger partial charge in [-0.25, -0.2) is 4.39 Å². The number of hydrogen-bond acceptors (Lipinski definition) is 4. The van der Waals surface area contributed by atoms with Crippen LogP contribution in [0.15, 0.2) is 29.4 Å². The molecule has 1 amide bonds. The van der Waals surface area contributed by atoms with Gasteiger partial charge in [-0.05, 0) is 24.6 Å². The van der Waals surface area contributed by atoms with Crippen molar-refractivity contribution in [3.05, 3.63) is 30.2 Å². The first-order valence-corrected chi connectivity index (χ1v) is 7.99. The molecule has 0 radical (unpaired) electrons. The summed E-state index contributed by atoms with van der Waals surface area (Å²) in [6.45, 7) is 2.67. The van der Waals surface area contributed by atoms with Crippen LogP contribution < -0.4 is 5.32 Å². The van der Waals surface area contributed by atoms with Crippen LogP contribution in [-0.4, -0.2) is 33.4 Å². The van der Waals surface area contributed by atoms with Crippen LogP contribution in [0, 0.1) is 5.82 Å². The molecule has 0 spiro atoms. The van der Waals surface area contributed by atoms with E-state index in [9.17, 15) is 9.18 Å². The third-order valence-corrected chi connectivity index (χ3v) is 4.23. The maximum atomic E-state index is 13.4. The summed E-state index contributed by atoms with van der Waals surface area (Å²) in [5.74, 6) is -0.0523. The van der Waals surface area contributed by atoms with E-state index in [2.05, 4.69) is 20.5 Å². The molecule has 0 aliphatic rings. The highest BCUT2D eigenvalue weighted by Gasteiger charge is 2.12. The number of nitrogens with zero attached hydrogens (tertiary/aromatic N) is 2. The van der Waals surface area contributed by atoms with Crippen LogP contribution in [0.2, 0.25) is 0 Å². The predicted octanol–water partition coefficient (Wildman–Crippen LogP) is 2.87. The van der Waals surface area contributed by atoms with Crippen molar-refractivity contribution in [2.75, 3.05) is 12.3 Å². The van der Waals surface area contributed by atoms with Gasteiger partial charge in [-0.15, -0.1) is 5.10 Å². The van der Waals surface area contributed by atoms with Gasteiger partial charge in [0.1, 0.15) is 10.8 Å². The maximum absolute atomic E-state index is 13.4. The molecule has 3 aromatic rings. The molecule has 0 aliphatic carbocycles. The Labute approximate surface area is 130 Å². The number of hydrogen-bond donors (Lipinski definition) is 2. The summed E-state index contributed by atoms with van der Waals surface area (Å²) in [4.78, 5) is 14.9. The molecule has 0 unspecified atom stereocenters. The van der Waals surface area contributed by atoms with Gasteiger partial charge in [0.05, 0.1) is 17.5 Å². The molecule has 2 aromatic heterocycles. The van der Waals surface area contributed by atoms with E-state index in [-0.39, 0.29) is 17.5 Å². The molecule has 0 atom stereocenters. The van der Waals surface area contributed by atoms with Crippen molar-refractivity contribution < 1.29 is 9.18 Å². The van der Waals surface area contributed by atoms with E-state index in [0.717, 1.165) is 28.2 Å². The molecular formula is C15H15FN4OS. The number of aromatic amines is 1. The molecule has 5 nitrogen and oxygen atoms in total. The fourth-order valence-corrected chi connectivity index (χ4v) is 3.01. The number of carbonyl (C=O) groups is 1. The monoisotopic (exact) mass is 318 g/mol. The van der Waals surface area contributed by atoms with Crippen LogP contribution >= 0.6 is 11.8 Å². The number of amides is 1. The number of rotatable bonds is 5. The summed E-state index contributed by atoms with van der Waals surface area (Å²) in [5, 5.41) is 13.1. The quantitative estimate of drug-likeness (QED) is 0.710. The zero-order valence-electron chi connectivity index (χ0n) is 12.0. The fraction of sp³-hybridized carbons (Fsp3) is 0.267. The first-order chi connectivity index (χ1) is 10.7. The highest BCUT2D eigenvalue weighted by atomic mass is 32.2. The third-order valence-electron chi connectivity index (χ3n) is 3.26. The Balaban J connectivity index is 1.90. The lowest BCUT2D eigenvalue weighted by Crippen LogP contribution is -2.25. The van der Waals surface area contributed by atoms with Crippen molar-refractivity contribution >= 4 is 39.5 Å². The van der Waals surface area contributed by atoms with E-state index >= 15 is 0 Å². The SMILES string of the molecule is CCCNC(=O)CSc1nncc2c1[nH]c1ccc(F)cc12. The predicted molar refractivity (Wildman–Crippen MR) is 85.4 cm³/mol. The molecule has 1 aromatic carbocycles. The lowest BCUT2D eigenvalue weighted by Gasteiger charge is -2.03. The summed E-state index contributed by atoms with van der Waals surface area (Å²) in [5.41, 5.74) is 1.60. The van der Waals surface area contributed by atoms with Gasteiger partial charge in [0.2, 0.25) is 5.91 Å². The van der Waals surface area contributed by atoms with Gasteiger partial charge in [-0.3, -0.25) is 4.79 Å². The maximum Gasteiger partial charge on any atom is 0.230 e. The van der Waals surface area contributed by atoms with Crippen LogP contribution in [0.3, 0.4) is 0 Å². The average molecular weight is 318 g/mol. The topological polar surface area (TPSA) is 70.7 Å². The molecule has 2 N–H and O–H groups in total. The van der Waals surface area contributed by atoms with Gasteiger partial charge in [-0.1, -0.05) is 18.7 Å². The zero-order valence-corrected chi connectivity index (χ0v) is 12.8. The van der Waals surface area contributed by atoms with E-state index in [4.69, 9.17) is 0 Å². The van der Waals surface area contributed by atoms with Crippen LogP contribution in [0.1, 0.15) is 13.3 Å². The minimum absolute atomic E-state index is 0.0344. The standard InChI is InChI=1S/C15H15FN4OS/c1-2-5-17-13(21)8-22-15-14-11(7-18-20-15)10-6-9(16)3-4-12(10)19-14/h3-4,6-7,19H,2,5,8H2,1H3,(H,17,21). The number of H-pyrrole nitrogens is 1. The summed E-state index contributed by atoms with van der Waals surface area (Å²) >= 11 is 1.32. The molecule has 3 rings (SSSR count). The molecule has 7 heteroatoms. The second kappa shape index (κ2) is 6.31. The number of nitrogens with one attached hydrogen (secondary N) is 2. The molecular weight excluding hydrogens is 303 g/mol. The highest BCUT2D eigenvalue weighted by Crippen LogP contribution is 2.30. The lowest BCUT2D eigenvalue weighted by atomic mass is 10.2. The third kappa shape index (κ3) is 2.89. The van der Waals surface area contributed by atoms with Gasteiger partial charge in [0.15, 0.2) is 0 Å². The van der Waals surface area contributed by atoms with Crippen molar-refractivity contribution in [3.63, 3.8) is 0 Å². The van der Waals surface area contributed by atoms with Crippen molar-refractivity contribution in [1.29, 1.82) is 0 Å². The second-order valence-electron chi connectivity index (χ2n) is 4.89. The normalized spacial score (nSPS) is 11.2. The molecule has 0 saturated carbocycles. The number of fused-ring (bicyclic) bond motifs is 3. The smallest absolute Gasteiger partial charge is 0.230 e. The van der Waals surface area contributed by atoms with Crippen LogP contribution in [0.4, 0.5) is 4.39 Å². The number of carbonyl (C=O) groups excluding carboxylic acids is 1. The Kier molecular flexibility index (Phi) is 4.24. The van der Waals surface area contributed by atoms with Gasteiger partial charge >= 0.3 is 0 Å². The molecule has 0 aliphatic heterocycles. The molecule has 22 heavy (non-hydrogen) atoms. The molecule has 0 bridgehead atoms. The average Bonchev–Trinajstić information content (AvgIpc) is 2.89. The number of thioether (sulfide) groups is 1. The number of benzene rings is 1. The van der Waals surface area contributed by atoms with Gasteiger partial charge in [-0.2, -0.15) is 5.10 Å². The molecule has 114 valence electrons. The molecule has 0 fully saturated rings. The van der Waals surface area contributed by atoms with Gasteiger partial charge in [0, 0.05) is 22.8 Å². The van der Waals surface area contributed by atoms with Gasteiger partial charge in [0.25, 0.3) is 0 Å². The van der Waals surface area contributed by atoms with Crippen LogP contribution in [0.25, 0.3) is 21.8 Å². The van der Waals surface area contributed by atoms with Crippen LogP contribution in [-0.2, 0) is 4.79 Å². The Bertz CT molecular complexity index is 833. The largest absolute Gasteiger partial charge is 0.355 e. The number of halogens is 1. The molecule has 0 saturated heterocycles. The van der Waals surface area contributed by atoms with E-state index in [1.54, 1.807) is 12.3 Å². The van der Waals surface area contributed by atoms with Crippen molar-refractivity contribution in [2.45, 2.75) is 18.4 Å². The summed E-state index contributed by atoms with van der Waals surface area (Å²) in [6, 6.07) is 4.56. The second-order valence-corrected chi connectivity index (χ2v) is 5.86.